The van der Waals surface area contributed by atoms with E-state index in [9.17, 15) is 4.79 Å². The Morgan fingerprint density at radius 1 is 1.57 bits per heavy atom. The van der Waals surface area contributed by atoms with Gasteiger partial charge in [-0.2, -0.15) is 5.26 Å². The van der Waals surface area contributed by atoms with Gasteiger partial charge in [0.15, 0.2) is 5.78 Å². The highest BCUT2D eigenvalue weighted by Gasteiger charge is 2.11. The van der Waals surface area contributed by atoms with Crippen molar-refractivity contribution in [1.29, 1.82) is 5.26 Å². The van der Waals surface area contributed by atoms with Crippen molar-refractivity contribution in [3.05, 3.63) is 26.8 Å². The number of hydrogen-bond acceptors (Lipinski definition) is 3. The van der Waals surface area contributed by atoms with Crippen molar-refractivity contribution < 1.29 is 9.53 Å². The van der Waals surface area contributed by atoms with Gasteiger partial charge in [0.1, 0.15) is 11.8 Å². The minimum atomic E-state index is -0.102. The van der Waals surface area contributed by atoms with Gasteiger partial charge in [-0.05, 0) is 41.6 Å². The fraction of sp³-hybridized carbons (Fsp3) is 0.200. The molecule has 0 aliphatic rings. The molecule has 0 aliphatic heterocycles. The zero-order chi connectivity index (χ0) is 10.7. The summed E-state index contributed by atoms with van der Waals surface area (Å²) >= 11 is 2.04. The number of benzene rings is 1. The fourth-order valence-corrected chi connectivity index (χ4v) is 1.64. The third-order valence-electron chi connectivity index (χ3n) is 1.79. The molecule has 0 N–H and O–H groups in total. The SMILES string of the molecule is COc1cc(I)c(C#N)cc1C(C)=O. The molecule has 0 bridgehead atoms. The smallest absolute Gasteiger partial charge is 0.163 e. The molecule has 14 heavy (non-hydrogen) atoms. The molecule has 0 unspecified atom stereocenters. The Morgan fingerprint density at radius 2 is 2.21 bits per heavy atom. The van der Waals surface area contributed by atoms with Gasteiger partial charge in [-0.3, -0.25) is 4.79 Å². The van der Waals surface area contributed by atoms with Crippen LogP contribution in [0.5, 0.6) is 5.75 Å². The number of halogens is 1. The lowest BCUT2D eigenvalue weighted by Gasteiger charge is -2.06. The second-order valence-corrected chi connectivity index (χ2v) is 3.86. The summed E-state index contributed by atoms with van der Waals surface area (Å²) in [6.45, 7) is 1.45. The molecule has 1 rings (SSSR count). The average molecular weight is 301 g/mol. The maximum Gasteiger partial charge on any atom is 0.163 e. The molecule has 0 saturated carbocycles. The predicted molar refractivity (Wildman–Crippen MR) is 60.4 cm³/mol. The molecule has 3 nitrogen and oxygen atoms in total. The maximum atomic E-state index is 11.2. The van der Waals surface area contributed by atoms with Gasteiger partial charge in [-0.15, -0.1) is 0 Å². The van der Waals surface area contributed by atoms with Crippen molar-refractivity contribution in [2.45, 2.75) is 6.92 Å². The van der Waals surface area contributed by atoms with Crippen LogP contribution in [0.15, 0.2) is 12.1 Å². The molecule has 0 saturated heterocycles. The lowest BCUT2D eigenvalue weighted by molar-refractivity contribution is 0.101. The highest BCUT2D eigenvalue weighted by Crippen LogP contribution is 2.24. The Bertz CT molecular complexity index is 421. The van der Waals surface area contributed by atoms with Crippen LogP contribution >= 0.6 is 22.6 Å². The molecular formula is C10H8INO2. The van der Waals surface area contributed by atoms with Crippen LogP contribution in [0.1, 0.15) is 22.8 Å². The maximum absolute atomic E-state index is 11.2. The van der Waals surface area contributed by atoms with Crippen LogP contribution in [0.4, 0.5) is 0 Å². The summed E-state index contributed by atoms with van der Waals surface area (Å²) in [5.41, 5.74) is 0.945. The topological polar surface area (TPSA) is 50.1 Å². The molecule has 0 atom stereocenters. The van der Waals surface area contributed by atoms with E-state index in [4.69, 9.17) is 10.00 Å². The second-order valence-electron chi connectivity index (χ2n) is 2.70. The van der Waals surface area contributed by atoms with E-state index in [0.29, 0.717) is 16.9 Å². The quantitative estimate of drug-likeness (QED) is 0.622. The molecule has 0 radical (unpaired) electrons. The number of methoxy groups -OCH3 is 1. The molecule has 0 heterocycles. The van der Waals surface area contributed by atoms with E-state index in [1.165, 1.54) is 14.0 Å². The number of carbonyl (C=O) groups excluding carboxylic acids is 1. The van der Waals surface area contributed by atoms with Gasteiger partial charge < -0.3 is 4.74 Å². The van der Waals surface area contributed by atoms with Crippen LogP contribution in [0, 0.1) is 14.9 Å². The summed E-state index contributed by atoms with van der Waals surface area (Å²) in [4.78, 5) is 11.2. The Morgan fingerprint density at radius 3 is 2.64 bits per heavy atom. The van der Waals surface area contributed by atoms with Gasteiger partial charge in [0, 0.05) is 3.57 Å². The van der Waals surface area contributed by atoms with Gasteiger partial charge in [0.25, 0.3) is 0 Å². The van der Waals surface area contributed by atoms with Crippen molar-refractivity contribution >= 4 is 28.4 Å². The van der Waals surface area contributed by atoms with Crippen LogP contribution in [-0.4, -0.2) is 12.9 Å². The molecule has 0 spiro atoms. The molecule has 1 aromatic rings. The highest BCUT2D eigenvalue weighted by atomic mass is 127. The Balaban J connectivity index is 3.42. The number of hydrogen-bond donors (Lipinski definition) is 0. The van der Waals surface area contributed by atoms with Crippen molar-refractivity contribution in [2.75, 3.05) is 7.11 Å². The van der Waals surface area contributed by atoms with E-state index in [-0.39, 0.29) is 5.78 Å². The third-order valence-corrected chi connectivity index (χ3v) is 2.68. The van der Waals surface area contributed by atoms with Crippen LogP contribution < -0.4 is 4.74 Å². The highest BCUT2D eigenvalue weighted by molar-refractivity contribution is 14.1. The number of ether oxygens (including phenoxy) is 1. The summed E-state index contributed by atoms with van der Waals surface area (Å²) in [6.07, 6.45) is 0. The largest absolute Gasteiger partial charge is 0.496 e. The van der Waals surface area contributed by atoms with Crippen molar-refractivity contribution in [1.82, 2.24) is 0 Å². The van der Waals surface area contributed by atoms with E-state index in [1.807, 2.05) is 28.7 Å². The lowest BCUT2D eigenvalue weighted by Crippen LogP contribution is -1.99. The average Bonchev–Trinajstić information content (AvgIpc) is 2.16. The van der Waals surface area contributed by atoms with E-state index in [0.717, 1.165) is 3.57 Å². The van der Waals surface area contributed by atoms with Crippen molar-refractivity contribution in [3.63, 3.8) is 0 Å². The molecule has 0 amide bonds. The number of carbonyl (C=O) groups is 1. The van der Waals surface area contributed by atoms with Gasteiger partial charge in [-0.25, -0.2) is 0 Å². The van der Waals surface area contributed by atoms with Gasteiger partial charge in [0.2, 0.25) is 0 Å². The lowest BCUT2D eigenvalue weighted by atomic mass is 10.1. The Kier molecular flexibility index (Phi) is 3.47. The normalized spacial score (nSPS) is 9.29. The molecular weight excluding hydrogens is 293 g/mol. The Labute approximate surface area is 95.8 Å². The second kappa shape index (κ2) is 4.42. The first kappa shape index (κ1) is 11.0. The minimum Gasteiger partial charge on any atom is -0.496 e. The summed E-state index contributed by atoms with van der Waals surface area (Å²) in [5.74, 6) is 0.413. The van der Waals surface area contributed by atoms with Crippen LogP contribution in [0.2, 0.25) is 0 Å². The zero-order valence-corrected chi connectivity index (χ0v) is 9.95. The van der Waals surface area contributed by atoms with E-state index in [1.54, 1.807) is 12.1 Å². The van der Waals surface area contributed by atoms with E-state index in [2.05, 4.69) is 0 Å². The van der Waals surface area contributed by atoms with Crippen molar-refractivity contribution in [2.24, 2.45) is 0 Å². The van der Waals surface area contributed by atoms with Crippen molar-refractivity contribution in [3.8, 4) is 11.8 Å². The van der Waals surface area contributed by atoms with Gasteiger partial charge >= 0.3 is 0 Å². The van der Waals surface area contributed by atoms with Gasteiger partial charge in [-0.1, -0.05) is 0 Å². The molecule has 4 heteroatoms. The molecule has 0 aliphatic carbocycles. The molecule has 1 aromatic carbocycles. The third kappa shape index (κ3) is 2.04. The molecule has 0 fully saturated rings. The monoisotopic (exact) mass is 301 g/mol. The Hall–Kier alpha value is -1.09. The summed E-state index contributed by atoms with van der Waals surface area (Å²) in [5, 5.41) is 8.78. The number of rotatable bonds is 2. The first-order chi connectivity index (χ1) is 6.60. The number of Topliss-reactive ketones (excluding diaryl/α,β-unsaturated/α-hetero) is 1. The van der Waals surface area contributed by atoms with Crippen LogP contribution in [0.3, 0.4) is 0 Å². The fourth-order valence-electron chi connectivity index (χ4n) is 1.08. The number of nitriles is 1. The predicted octanol–water partition coefficient (Wildman–Crippen LogP) is 2.37. The van der Waals surface area contributed by atoms with Gasteiger partial charge in [0.05, 0.1) is 18.2 Å². The molecule has 72 valence electrons. The van der Waals surface area contributed by atoms with Crippen LogP contribution in [-0.2, 0) is 0 Å². The standard InChI is InChI=1S/C10H8INO2/c1-6(13)8-3-7(5-12)9(11)4-10(8)14-2/h3-4H,1-2H3. The first-order valence-corrected chi connectivity index (χ1v) is 4.96. The summed E-state index contributed by atoms with van der Waals surface area (Å²) in [7, 11) is 1.50. The first-order valence-electron chi connectivity index (χ1n) is 3.88. The summed E-state index contributed by atoms with van der Waals surface area (Å²) < 4.78 is 5.84. The number of ketones is 1. The van der Waals surface area contributed by atoms with Crippen LogP contribution in [0.25, 0.3) is 0 Å². The van der Waals surface area contributed by atoms with E-state index < -0.39 is 0 Å². The van der Waals surface area contributed by atoms with E-state index >= 15 is 0 Å². The minimum absolute atomic E-state index is 0.102. The number of nitrogens with zero attached hydrogens (tertiary/aromatic N) is 1. The zero-order valence-electron chi connectivity index (χ0n) is 7.80. The molecule has 0 aromatic heterocycles. The summed E-state index contributed by atoms with van der Waals surface area (Å²) in [6, 6.07) is 5.28.